The SMILES string of the molecule is CC(=O)c1c(C)[nH]c(C(=O)[C@H](C)Sc2nnc(-c3ccncc3)n2C)c1C. The molecule has 0 spiro atoms. The third-order valence-corrected chi connectivity index (χ3v) is 5.59. The van der Waals surface area contributed by atoms with Gasteiger partial charge in [0.25, 0.3) is 0 Å². The van der Waals surface area contributed by atoms with Crippen LogP contribution in [0.5, 0.6) is 0 Å². The third kappa shape index (κ3) is 3.57. The summed E-state index contributed by atoms with van der Waals surface area (Å²) >= 11 is 1.34. The van der Waals surface area contributed by atoms with Crippen molar-refractivity contribution < 1.29 is 9.59 Å². The van der Waals surface area contributed by atoms with Crippen LogP contribution in [0.3, 0.4) is 0 Å². The molecule has 3 heterocycles. The predicted octanol–water partition coefficient (Wildman–Crippen LogP) is 3.39. The smallest absolute Gasteiger partial charge is 0.192 e. The van der Waals surface area contributed by atoms with Crippen LogP contribution in [0.1, 0.15) is 46.0 Å². The number of nitrogens with one attached hydrogen (secondary N) is 1. The molecule has 0 radical (unpaired) electrons. The van der Waals surface area contributed by atoms with Gasteiger partial charge in [-0.15, -0.1) is 10.2 Å². The first-order valence-electron chi connectivity index (χ1n) is 8.52. The van der Waals surface area contributed by atoms with Crippen molar-refractivity contribution in [2.24, 2.45) is 7.05 Å². The highest BCUT2D eigenvalue weighted by Crippen LogP contribution is 2.28. The molecule has 0 aliphatic rings. The molecular weight excluding hydrogens is 362 g/mol. The molecule has 0 unspecified atom stereocenters. The standard InChI is InChI=1S/C19H21N5O2S/c1-10-15(12(3)25)11(2)21-16(10)17(26)13(4)27-19-23-22-18(24(19)5)14-6-8-20-9-7-14/h6-9,13,21H,1-5H3/t13-/m0/s1. The zero-order chi connectivity index (χ0) is 19.7. The first-order valence-corrected chi connectivity index (χ1v) is 9.40. The molecule has 3 aromatic heterocycles. The summed E-state index contributed by atoms with van der Waals surface area (Å²) in [6.07, 6.45) is 3.40. The van der Waals surface area contributed by atoms with E-state index in [9.17, 15) is 9.59 Å². The molecule has 1 N–H and O–H groups in total. The van der Waals surface area contributed by atoms with Crippen LogP contribution < -0.4 is 0 Å². The monoisotopic (exact) mass is 383 g/mol. The molecule has 27 heavy (non-hydrogen) atoms. The van der Waals surface area contributed by atoms with Crippen molar-refractivity contribution in [3.63, 3.8) is 0 Å². The zero-order valence-electron chi connectivity index (χ0n) is 15.9. The first-order chi connectivity index (χ1) is 12.8. The Bertz CT molecular complexity index is 1010. The van der Waals surface area contributed by atoms with E-state index in [-0.39, 0.29) is 16.8 Å². The van der Waals surface area contributed by atoms with E-state index in [0.29, 0.717) is 27.8 Å². The molecule has 0 saturated heterocycles. The molecule has 0 amide bonds. The number of pyridine rings is 1. The Morgan fingerprint density at radius 1 is 1.19 bits per heavy atom. The number of hydrogen-bond acceptors (Lipinski definition) is 6. The number of hydrogen-bond donors (Lipinski definition) is 1. The minimum atomic E-state index is -0.380. The van der Waals surface area contributed by atoms with Crippen LogP contribution in [0, 0.1) is 13.8 Å². The Kier molecular flexibility index (Phi) is 5.27. The Hall–Kier alpha value is -2.74. The van der Waals surface area contributed by atoms with Crippen molar-refractivity contribution in [3.8, 4) is 11.4 Å². The molecule has 7 nitrogen and oxygen atoms in total. The van der Waals surface area contributed by atoms with Gasteiger partial charge in [-0.3, -0.25) is 14.6 Å². The Morgan fingerprint density at radius 2 is 1.85 bits per heavy atom. The molecule has 0 bridgehead atoms. The third-order valence-electron chi connectivity index (χ3n) is 4.46. The Morgan fingerprint density at radius 3 is 2.44 bits per heavy atom. The fourth-order valence-corrected chi connectivity index (χ4v) is 3.98. The maximum absolute atomic E-state index is 12.9. The molecule has 3 aromatic rings. The van der Waals surface area contributed by atoms with Gasteiger partial charge in [-0.05, 0) is 45.4 Å². The Balaban J connectivity index is 1.83. The van der Waals surface area contributed by atoms with Gasteiger partial charge in [-0.25, -0.2) is 0 Å². The van der Waals surface area contributed by atoms with Crippen LogP contribution >= 0.6 is 11.8 Å². The van der Waals surface area contributed by atoms with E-state index in [1.165, 1.54) is 18.7 Å². The fraction of sp³-hybridized carbons (Fsp3) is 0.316. The van der Waals surface area contributed by atoms with Crippen molar-refractivity contribution in [1.29, 1.82) is 0 Å². The second-order valence-electron chi connectivity index (χ2n) is 6.41. The molecule has 0 aliphatic heterocycles. The largest absolute Gasteiger partial charge is 0.355 e. The van der Waals surface area contributed by atoms with E-state index in [1.807, 2.05) is 37.6 Å². The van der Waals surface area contributed by atoms with Crippen molar-refractivity contribution in [2.45, 2.75) is 38.1 Å². The average molecular weight is 383 g/mol. The van der Waals surface area contributed by atoms with Crippen molar-refractivity contribution in [3.05, 3.63) is 47.0 Å². The minimum absolute atomic E-state index is 0.0455. The lowest BCUT2D eigenvalue weighted by Gasteiger charge is -2.10. The normalized spacial score (nSPS) is 12.2. The highest BCUT2D eigenvalue weighted by molar-refractivity contribution is 8.00. The van der Waals surface area contributed by atoms with Crippen molar-refractivity contribution >= 4 is 23.3 Å². The van der Waals surface area contributed by atoms with Crippen molar-refractivity contribution in [2.75, 3.05) is 0 Å². The summed E-state index contributed by atoms with van der Waals surface area (Å²) in [4.78, 5) is 31.8. The number of nitrogens with zero attached hydrogens (tertiary/aromatic N) is 4. The molecule has 140 valence electrons. The number of carbonyl (C=O) groups excluding carboxylic acids is 2. The summed E-state index contributed by atoms with van der Waals surface area (Å²) in [6.45, 7) is 6.95. The fourth-order valence-electron chi connectivity index (χ4n) is 3.11. The van der Waals surface area contributed by atoms with E-state index in [0.717, 1.165) is 11.3 Å². The van der Waals surface area contributed by atoms with Crippen LogP contribution in [-0.2, 0) is 7.05 Å². The molecule has 0 aliphatic carbocycles. The van der Waals surface area contributed by atoms with Gasteiger partial charge < -0.3 is 9.55 Å². The minimum Gasteiger partial charge on any atom is -0.355 e. The van der Waals surface area contributed by atoms with E-state index in [1.54, 1.807) is 19.3 Å². The van der Waals surface area contributed by atoms with Crippen LogP contribution in [0.25, 0.3) is 11.4 Å². The number of Topliss-reactive ketones (excluding diaryl/α,β-unsaturated/α-hetero) is 2. The quantitative estimate of drug-likeness (QED) is 0.518. The van der Waals surface area contributed by atoms with Gasteiger partial charge in [0.2, 0.25) is 0 Å². The van der Waals surface area contributed by atoms with Crippen LogP contribution in [-0.4, -0.2) is 41.5 Å². The maximum Gasteiger partial charge on any atom is 0.192 e. The topological polar surface area (TPSA) is 93.5 Å². The number of ketones is 2. The number of aromatic amines is 1. The average Bonchev–Trinajstić information content (AvgIpc) is 3.14. The van der Waals surface area contributed by atoms with E-state index in [4.69, 9.17) is 0 Å². The molecule has 1 atom stereocenters. The predicted molar refractivity (Wildman–Crippen MR) is 104 cm³/mol. The second-order valence-corrected chi connectivity index (χ2v) is 7.71. The summed E-state index contributed by atoms with van der Waals surface area (Å²) in [7, 11) is 1.87. The van der Waals surface area contributed by atoms with Gasteiger partial charge in [0.1, 0.15) is 0 Å². The number of thioether (sulfide) groups is 1. The van der Waals surface area contributed by atoms with Gasteiger partial charge in [0, 0.05) is 36.3 Å². The summed E-state index contributed by atoms with van der Waals surface area (Å²) < 4.78 is 1.86. The van der Waals surface area contributed by atoms with Gasteiger partial charge >= 0.3 is 0 Å². The summed E-state index contributed by atoms with van der Waals surface area (Å²) in [5, 5.41) is 8.72. The highest BCUT2D eigenvalue weighted by atomic mass is 32.2. The van der Waals surface area contributed by atoms with Crippen molar-refractivity contribution in [1.82, 2.24) is 24.7 Å². The van der Waals surface area contributed by atoms with E-state index in [2.05, 4.69) is 20.2 Å². The van der Waals surface area contributed by atoms with Crippen LogP contribution in [0.2, 0.25) is 0 Å². The van der Waals surface area contributed by atoms with Gasteiger partial charge in [-0.2, -0.15) is 0 Å². The molecule has 0 saturated carbocycles. The molecule has 0 fully saturated rings. The summed E-state index contributed by atoms with van der Waals surface area (Å²) in [5.41, 5.74) is 3.41. The van der Waals surface area contributed by atoms with Crippen LogP contribution in [0.15, 0.2) is 29.7 Å². The lowest BCUT2D eigenvalue weighted by atomic mass is 10.0. The number of aryl methyl sites for hydroxylation is 1. The highest BCUT2D eigenvalue weighted by Gasteiger charge is 2.25. The molecular formula is C19H21N5O2S. The van der Waals surface area contributed by atoms with E-state index >= 15 is 0 Å². The van der Waals surface area contributed by atoms with Gasteiger partial charge in [0.15, 0.2) is 22.5 Å². The number of aromatic nitrogens is 5. The number of rotatable bonds is 6. The van der Waals surface area contributed by atoms with Gasteiger partial charge in [0.05, 0.1) is 10.9 Å². The lowest BCUT2D eigenvalue weighted by Crippen LogP contribution is -2.16. The molecule has 8 heteroatoms. The maximum atomic E-state index is 12.9. The van der Waals surface area contributed by atoms with E-state index < -0.39 is 0 Å². The molecule has 3 rings (SSSR count). The lowest BCUT2D eigenvalue weighted by molar-refractivity contribution is 0.0988. The van der Waals surface area contributed by atoms with Gasteiger partial charge in [-0.1, -0.05) is 11.8 Å². The summed E-state index contributed by atoms with van der Waals surface area (Å²) in [6, 6.07) is 3.72. The number of carbonyl (C=O) groups is 2. The molecule has 0 aromatic carbocycles. The summed E-state index contributed by atoms with van der Waals surface area (Å²) in [5.74, 6) is 0.600. The number of H-pyrrole nitrogens is 1. The zero-order valence-corrected chi connectivity index (χ0v) is 16.7. The first kappa shape index (κ1) is 19.0. The second kappa shape index (κ2) is 7.48. The van der Waals surface area contributed by atoms with Crippen LogP contribution in [0.4, 0.5) is 0 Å². The Labute approximate surface area is 161 Å².